The van der Waals surface area contributed by atoms with Gasteiger partial charge in [-0.3, -0.25) is 0 Å². The van der Waals surface area contributed by atoms with E-state index < -0.39 is 18.1 Å². The first-order chi connectivity index (χ1) is 5.84. The molecule has 0 radical (unpaired) electrons. The van der Waals surface area contributed by atoms with E-state index in [1.54, 1.807) is 0 Å². The third-order valence-corrected chi connectivity index (χ3v) is 1.58. The molecule has 0 aromatic heterocycles. The molecule has 1 atom stereocenters. The van der Waals surface area contributed by atoms with Crippen LogP contribution in [-0.4, -0.2) is 33.4 Å². The summed E-state index contributed by atoms with van der Waals surface area (Å²) in [7, 11) is 0. The molecule has 0 saturated carbocycles. The van der Waals surface area contributed by atoms with E-state index in [4.69, 9.17) is 5.11 Å². The molecule has 0 saturated heterocycles. The molecular weight excluding hydrogens is 189 g/mol. The predicted molar refractivity (Wildman–Crippen MR) is 36.4 cm³/mol. The van der Waals surface area contributed by atoms with Crippen LogP contribution in [-0.2, 0) is 0 Å². The van der Waals surface area contributed by atoms with Gasteiger partial charge in [-0.15, -0.1) is 5.23 Å². The molecule has 4 nitrogen and oxygen atoms in total. The first-order valence-electron chi connectivity index (χ1n) is 3.37. The molecule has 7 heteroatoms. The lowest BCUT2D eigenvalue weighted by atomic mass is 10.2. The van der Waals surface area contributed by atoms with E-state index in [1.165, 1.54) is 0 Å². The second-order valence-corrected chi connectivity index (χ2v) is 2.66. The van der Waals surface area contributed by atoms with Gasteiger partial charge in [0.05, 0.1) is 6.20 Å². The largest absolute Gasteiger partial charge is 0.464 e. The van der Waals surface area contributed by atoms with Crippen LogP contribution in [0, 0.1) is 0 Å². The van der Waals surface area contributed by atoms with E-state index in [9.17, 15) is 18.1 Å². The van der Waals surface area contributed by atoms with Crippen LogP contribution in [0.5, 0.6) is 0 Å². The van der Waals surface area contributed by atoms with Gasteiger partial charge in [-0.1, -0.05) is 4.48 Å². The number of hydrogen-bond donors (Lipinski definition) is 1. The van der Waals surface area contributed by atoms with Gasteiger partial charge in [0.1, 0.15) is 6.04 Å². The lowest BCUT2D eigenvalue weighted by Crippen LogP contribution is -2.48. The predicted octanol–water partition coefficient (Wildman–Crippen LogP) is 1.62. The number of carboxylic acid groups (broad SMARTS) is 1. The summed E-state index contributed by atoms with van der Waals surface area (Å²) < 4.78 is 37.9. The van der Waals surface area contributed by atoms with E-state index in [0.717, 1.165) is 6.08 Å². The molecule has 0 aliphatic carbocycles. The van der Waals surface area contributed by atoms with Gasteiger partial charge in [0.15, 0.2) is 0 Å². The minimum absolute atomic E-state index is 0.0833. The molecule has 74 valence electrons. The van der Waals surface area contributed by atoms with E-state index >= 15 is 0 Å². The van der Waals surface area contributed by atoms with Gasteiger partial charge in [-0.25, -0.2) is 13.6 Å². The first kappa shape index (κ1) is 9.69. The van der Waals surface area contributed by atoms with Crippen LogP contribution >= 0.6 is 0 Å². The highest BCUT2D eigenvalue weighted by atomic mass is 19.3. The maximum atomic E-state index is 12.7. The van der Waals surface area contributed by atoms with E-state index in [2.05, 4.69) is 0 Å². The van der Waals surface area contributed by atoms with Crippen LogP contribution in [0.2, 0.25) is 0 Å². The highest BCUT2D eigenvalue weighted by Crippen LogP contribution is 2.29. The van der Waals surface area contributed by atoms with Crippen molar-refractivity contribution >= 4 is 6.09 Å². The summed E-state index contributed by atoms with van der Waals surface area (Å²) in [5.74, 6) is -3.31. The van der Waals surface area contributed by atoms with Gasteiger partial charge in [-0.05, 0) is 6.08 Å². The maximum Gasteiger partial charge on any atom is 0.429 e. The van der Waals surface area contributed by atoms with Crippen LogP contribution in [0.15, 0.2) is 12.3 Å². The van der Waals surface area contributed by atoms with Crippen molar-refractivity contribution in [2.45, 2.75) is 18.9 Å². The lowest BCUT2D eigenvalue weighted by Gasteiger charge is -2.27. The minimum Gasteiger partial charge on any atom is -0.464 e. The van der Waals surface area contributed by atoms with Gasteiger partial charge in [0.2, 0.25) is 0 Å². The number of nitrogens with zero attached hydrogens (tertiary/aromatic N) is 2. The van der Waals surface area contributed by atoms with Crippen molar-refractivity contribution in [2.75, 3.05) is 0 Å². The van der Waals surface area contributed by atoms with Gasteiger partial charge < -0.3 is 5.11 Å². The smallest absolute Gasteiger partial charge is 0.429 e. The molecule has 0 fully saturated rings. The highest BCUT2D eigenvalue weighted by Gasteiger charge is 2.45. The lowest BCUT2D eigenvalue weighted by molar-refractivity contribution is -0.151. The van der Waals surface area contributed by atoms with Crippen molar-refractivity contribution in [3.8, 4) is 0 Å². The van der Waals surface area contributed by atoms with Crippen LogP contribution in [0.1, 0.15) is 6.92 Å². The number of carbonyl (C=O) groups is 1. The normalized spacial score (nSPS) is 22.6. The Morgan fingerprint density at radius 1 is 1.62 bits per heavy atom. The Labute approximate surface area is 71.7 Å². The average Bonchev–Trinajstić information content (AvgIpc) is 2.28. The summed E-state index contributed by atoms with van der Waals surface area (Å²) in [5.41, 5.74) is 0. The minimum atomic E-state index is -3.31. The zero-order chi connectivity index (χ0) is 10.2. The summed E-state index contributed by atoms with van der Waals surface area (Å²) in [4.78, 5) is 10.3. The number of hydrogen-bond acceptors (Lipinski definition) is 2. The second kappa shape index (κ2) is 2.82. The van der Waals surface area contributed by atoms with Crippen molar-refractivity contribution in [1.29, 1.82) is 0 Å². The van der Waals surface area contributed by atoms with Crippen molar-refractivity contribution in [3.63, 3.8) is 0 Å². The Kier molecular flexibility index (Phi) is 2.10. The first-order valence-corrected chi connectivity index (χ1v) is 3.37. The average molecular weight is 196 g/mol. The van der Waals surface area contributed by atoms with Gasteiger partial charge >= 0.3 is 6.09 Å². The standard InChI is InChI=1S/C6H7F3N2O2/c1-6(7,8)4-2-3-10(9)11(4)5(12)13/h2-4H,1H3,(H,12,13). The monoisotopic (exact) mass is 196 g/mol. The maximum absolute atomic E-state index is 12.7. The molecule has 1 rings (SSSR count). The van der Waals surface area contributed by atoms with Crippen LogP contribution in [0.25, 0.3) is 0 Å². The molecule has 0 spiro atoms. The molecule has 0 aromatic rings. The fourth-order valence-electron chi connectivity index (χ4n) is 1.01. The number of amides is 1. The highest BCUT2D eigenvalue weighted by molar-refractivity contribution is 5.66. The van der Waals surface area contributed by atoms with Gasteiger partial charge in [-0.2, -0.15) is 5.01 Å². The second-order valence-electron chi connectivity index (χ2n) is 2.66. The van der Waals surface area contributed by atoms with Crippen LogP contribution in [0.4, 0.5) is 18.1 Å². The molecule has 1 aliphatic rings. The van der Waals surface area contributed by atoms with E-state index in [0.29, 0.717) is 13.1 Å². The quantitative estimate of drug-likeness (QED) is 0.648. The van der Waals surface area contributed by atoms with Crippen molar-refractivity contribution in [3.05, 3.63) is 12.3 Å². The number of hydrazine groups is 1. The number of rotatable bonds is 1. The van der Waals surface area contributed by atoms with Crippen LogP contribution < -0.4 is 0 Å². The number of halogens is 3. The molecule has 1 amide bonds. The third kappa shape index (κ3) is 1.68. The zero-order valence-electron chi connectivity index (χ0n) is 6.62. The Balaban J connectivity index is 2.88. The molecule has 1 N–H and O–H groups in total. The molecule has 1 aliphatic heterocycles. The Morgan fingerprint density at radius 2 is 2.15 bits per heavy atom. The molecular formula is C6H7F3N2O2. The topological polar surface area (TPSA) is 43.8 Å². The Morgan fingerprint density at radius 3 is 2.46 bits per heavy atom. The van der Waals surface area contributed by atoms with Crippen molar-refractivity contribution in [2.24, 2.45) is 0 Å². The van der Waals surface area contributed by atoms with Crippen molar-refractivity contribution < 1.29 is 23.2 Å². The van der Waals surface area contributed by atoms with Crippen molar-refractivity contribution in [1.82, 2.24) is 10.2 Å². The molecule has 0 aromatic carbocycles. The zero-order valence-corrected chi connectivity index (χ0v) is 6.62. The summed E-state index contributed by atoms with van der Waals surface area (Å²) in [6.45, 7) is 0.525. The fourth-order valence-corrected chi connectivity index (χ4v) is 1.01. The van der Waals surface area contributed by atoms with Crippen LogP contribution in [0.3, 0.4) is 0 Å². The molecule has 0 bridgehead atoms. The van der Waals surface area contributed by atoms with Gasteiger partial charge in [0, 0.05) is 6.92 Å². The molecule has 1 heterocycles. The fraction of sp³-hybridized carbons (Fsp3) is 0.500. The summed E-state index contributed by atoms with van der Waals surface area (Å²) >= 11 is 0. The Bertz CT molecular complexity index is 251. The summed E-state index contributed by atoms with van der Waals surface area (Å²) in [6, 6.07) is -1.78. The summed E-state index contributed by atoms with van der Waals surface area (Å²) in [5, 5.41) is 7.92. The molecule has 13 heavy (non-hydrogen) atoms. The summed E-state index contributed by atoms with van der Waals surface area (Å²) in [6.07, 6.45) is -0.344. The Hall–Kier alpha value is -1.40. The van der Waals surface area contributed by atoms with E-state index in [1.807, 2.05) is 0 Å². The third-order valence-electron chi connectivity index (χ3n) is 1.58. The van der Waals surface area contributed by atoms with E-state index in [-0.39, 0.29) is 10.2 Å². The molecule has 1 unspecified atom stereocenters. The SMILES string of the molecule is CC(F)(F)C1C=CN(F)N1C(=O)O. The van der Waals surface area contributed by atoms with Gasteiger partial charge in [0.25, 0.3) is 5.92 Å². The number of alkyl halides is 2.